The molecule has 5 rings (SSSR count). The van der Waals surface area contributed by atoms with Gasteiger partial charge in [0.15, 0.2) is 0 Å². The van der Waals surface area contributed by atoms with Crippen LogP contribution in [0.4, 0.5) is 11.4 Å². The highest BCUT2D eigenvalue weighted by Crippen LogP contribution is 2.43. The van der Waals surface area contributed by atoms with Gasteiger partial charge in [-0.1, -0.05) is 54.1 Å². The molecule has 1 aliphatic carbocycles. The maximum Gasteiger partial charge on any atom is 0.255 e. The molecule has 6 nitrogen and oxygen atoms in total. The van der Waals surface area contributed by atoms with E-state index in [1.54, 1.807) is 18.2 Å². The molecule has 1 aliphatic heterocycles. The molecule has 1 heterocycles. The molecule has 1 saturated heterocycles. The van der Waals surface area contributed by atoms with E-state index in [2.05, 4.69) is 15.5 Å². The van der Waals surface area contributed by atoms with Gasteiger partial charge in [-0.25, -0.2) is 0 Å². The Bertz CT molecular complexity index is 1190. The zero-order chi connectivity index (χ0) is 23.5. The number of morpholine rings is 1. The van der Waals surface area contributed by atoms with Crippen LogP contribution < -0.4 is 10.6 Å². The van der Waals surface area contributed by atoms with Crippen LogP contribution in [-0.4, -0.2) is 48.6 Å². The SMILES string of the molecule is O=C(Nc1ccc(-c2ccccc2)cc1)c1ccc(Cl)c(NC(=O)C2(N3CCOCC3)CC2)c1. The van der Waals surface area contributed by atoms with Crippen molar-refractivity contribution in [2.75, 3.05) is 36.9 Å². The highest BCUT2D eigenvalue weighted by Gasteiger charge is 2.54. The summed E-state index contributed by atoms with van der Waals surface area (Å²) in [7, 11) is 0. The minimum atomic E-state index is -0.494. The van der Waals surface area contributed by atoms with Crippen molar-refractivity contribution < 1.29 is 14.3 Å². The Kier molecular flexibility index (Phi) is 6.37. The average molecular weight is 476 g/mol. The van der Waals surface area contributed by atoms with E-state index in [0.29, 0.717) is 35.2 Å². The Morgan fingerprint density at radius 3 is 2.21 bits per heavy atom. The van der Waals surface area contributed by atoms with Crippen molar-refractivity contribution >= 4 is 34.8 Å². The molecule has 0 unspecified atom stereocenters. The summed E-state index contributed by atoms with van der Waals surface area (Å²) in [6.45, 7) is 2.76. The lowest BCUT2D eigenvalue weighted by molar-refractivity contribution is -0.124. The van der Waals surface area contributed by atoms with Crippen molar-refractivity contribution in [3.8, 4) is 11.1 Å². The topological polar surface area (TPSA) is 70.7 Å². The molecule has 34 heavy (non-hydrogen) atoms. The van der Waals surface area contributed by atoms with Crippen LogP contribution in [0.3, 0.4) is 0 Å². The van der Waals surface area contributed by atoms with E-state index in [9.17, 15) is 9.59 Å². The molecule has 0 bridgehead atoms. The third kappa shape index (κ3) is 4.71. The smallest absolute Gasteiger partial charge is 0.255 e. The Labute approximate surface area is 203 Å². The zero-order valence-corrected chi connectivity index (χ0v) is 19.5. The molecule has 2 N–H and O–H groups in total. The number of hydrogen-bond donors (Lipinski definition) is 2. The third-order valence-corrected chi connectivity index (χ3v) is 6.82. The molecule has 3 aromatic carbocycles. The monoisotopic (exact) mass is 475 g/mol. The molecule has 2 amide bonds. The third-order valence-electron chi connectivity index (χ3n) is 6.49. The second kappa shape index (κ2) is 9.58. The van der Waals surface area contributed by atoms with E-state index in [1.807, 2.05) is 54.6 Å². The number of amides is 2. The van der Waals surface area contributed by atoms with Crippen LogP contribution in [0.1, 0.15) is 23.2 Å². The van der Waals surface area contributed by atoms with E-state index < -0.39 is 5.54 Å². The summed E-state index contributed by atoms with van der Waals surface area (Å²) in [6, 6.07) is 22.7. The molecule has 3 aromatic rings. The van der Waals surface area contributed by atoms with Gasteiger partial charge in [-0.3, -0.25) is 14.5 Å². The summed E-state index contributed by atoms with van der Waals surface area (Å²) in [6.07, 6.45) is 1.63. The fourth-order valence-corrected chi connectivity index (χ4v) is 4.54. The number of nitrogens with one attached hydrogen (secondary N) is 2. The molecule has 0 atom stereocenters. The first-order valence-electron chi connectivity index (χ1n) is 11.5. The summed E-state index contributed by atoms with van der Waals surface area (Å²) in [4.78, 5) is 28.2. The van der Waals surface area contributed by atoms with Crippen molar-refractivity contribution in [1.29, 1.82) is 0 Å². The van der Waals surface area contributed by atoms with Gasteiger partial charge in [-0.05, 0) is 54.3 Å². The molecule has 0 aromatic heterocycles. The van der Waals surface area contributed by atoms with Gasteiger partial charge >= 0.3 is 0 Å². The number of nitrogens with zero attached hydrogens (tertiary/aromatic N) is 1. The summed E-state index contributed by atoms with van der Waals surface area (Å²) >= 11 is 6.36. The molecule has 174 valence electrons. The van der Waals surface area contributed by atoms with Crippen molar-refractivity contribution in [2.45, 2.75) is 18.4 Å². The highest BCUT2D eigenvalue weighted by atomic mass is 35.5. The maximum absolute atomic E-state index is 13.1. The van der Waals surface area contributed by atoms with Gasteiger partial charge in [0.05, 0.1) is 23.9 Å². The summed E-state index contributed by atoms with van der Waals surface area (Å²) in [5, 5.41) is 6.27. The zero-order valence-electron chi connectivity index (χ0n) is 18.7. The lowest BCUT2D eigenvalue weighted by Gasteiger charge is -2.33. The number of benzene rings is 3. The molecule has 2 fully saturated rings. The molecular formula is C27H26ClN3O3. The van der Waals surface area contributed by atoms with Crippen LogP contribution in [0.2, 0.25) is 5.02 Å². The van der Waals surface area contributed by atoms with Crippen LogP contribution in [0, 0.1) is 0 Å². The summed E-state index contributed by atoms with van der Waals surface area (Å²) in [5.41, 5.74) is 3.25. The molecule has 0 spiro atoms. The van der Waals surface area contributed by atoms with Crippen molar-refractivity contribution in [3.05, 3.63) is 83.4 Å². The van der Waals surface area contributed by atoms with Gasteiger partial charge in [0.25, 0.3) is 5.91 Å². The van der Waals surface area contributed by atoms with Crippen molar-refractivity contribution in [1.82, 2.24) is 4.90 Å². The van der Waals surface area contributed by atoms with Crippen LogP contribution in [0.15, 0.2) is 72.8 Å². The van der Waals surface area contributed by atoms with E-state index in [-0.39, 0.29) is 11.8 Å². The molecule has 1 saturated carbocycles. The van der Waals surface area contributed by atoms with E-state index >= 15 is 0 Å². The Morgan fingerprint density at radius 1 is 0.853 bits per heavy atom. The largest absolute Gasteiger partial charge is 0.379 e. The van der Waals surface area contributed by atoms with Gasteiger partial charge in [-0.15, -0.1) is 0 Å². The first-order valence-corrected chi connectivity index (χ1v) is 11.8. The number of carbonyl (C=O) groups is 2. The van der Waals surface area contributed by atoms with E-state index in [0.717, 1.165) is 37.1 Å². The number of rotatable bonds is 6. The van der Waals surface area contributed by atoms with Gasteiger partial charge in [-0.2, -0.15) is 0 Å². The predicted octanol–water partition coefficient (Wildman–Crippen LogP) is 5.06. The van der Waals surface area contributed by atoms with Crippen LogP contribution >= 0.6 is 11.6 Å². The minimum absolute atomic E-state index is 0.0784. The molecule has 2 aliphatic rings. The van der Waals surface area contributed by atoms with Crippen LogP contribution in [0.5, 0.6) is 0 Å². The number of ether oxygens (including phenoxy) is 1. The lowest BCUT2D eigenvalue weighted by atomic mass is 10.1. The number of halogens is 1. The standard InChI is InChI=1S/C27H26ClN3O3/c28-23-11-8-21(18-24(23)30-26(33)27(12-13-27)31-14-16-34-17-15-31)25(32)29-22-9-6-20(7-10-22)19-4-2-1-3-5-19/h1-11,18H,12-17H2,(H,29,32)(H,30,33). The summed E-state index contributed by atoms with van der Waals surface area (Å²) < 4.78 is 5.42. The van der Waals surface area contributed by atoms with Gasteiger partial charge in [0.2, 0.25) is 5.91 Å². The number of carbonyl (C=O) groups excluding carboxylic acids is 2. The Morgan fingerprint density at radius 2 is 1.53 bits per heavy atom. The van der Waals surface area contributed by atoms with E-state index in [1.165, 1.54) is 0 Å². The predicted molar refractivity (Wildman–Crippen MR) is 134 cm³/mol. The fourth-order valence-electron chi connectivity index (χ4n) is 4.38. The van der Waals surface area contributed by atoms with Gasteiger partial charge < -0.3 is 15.4 Å². The number of hydrogen-bond acceptors (Lipinski definition) is 4. The second-order valence-corrected chi connectivity index (χ2v) is 9.08. The van der Waals surface area contributed by atoms with Crippen molar-refractivity contribution in [3.63, 3.8) is 0 Å². The second-order valence-electron chi connectivity index (χ2n) is 8.68. The van der Waals surface area contributed by atoms with E-state index in [4.69, 9.17) is 16.3 Å². The quantitative estimate of drug-likeness (QED) is 0.522. The Hall–Kier alpha value is -3.19. The maximum atomic E-state index is 13.1. The van der Waals surface area contributed by atoms with Crippen LogP contribution in [-0.2, 0) is 9.53 Å². The number of anilines is 2. The first-order chi connectivity index (χ1) is 16.5. The normalized spacial score (nSPS) is 17.1. The average Bonchev–Trinajstić information content (AvgIpc) is 3.69. The molecule has 7 heteroatoms. The van der Waals surface area contributed by atoms with Crippen molar-refractivity contribution in [2.24, 2.45) is 0 Å². The van der Waals surface area contributed by atoms with Gasteiger partial charge in [0.1, 0.15) is 5.54 Å². The highest BCUT2D eigenvalue weighted by molar-refractivity contribution is 6.34. The van der Waals surface area contributed by atoms with Crippen LogP contribution in [0.25, 0.3) is 11.1 Å². The summed E-state index contributed by atoms with van der Waals surface area (Å²) in [5.74, 6) is -0.348. The lowest BCUT2D eigenvalue weighted by Crippen LogP contribution is -2.51. The fraction of sp³-hybridized carbons (Fsp3) is 0.259. The Balaban J connectivity index is 1.27. The minimum Gasteiger partial charge on any atom is -0.379 e. The van der Waals surface area contributed by atoms with Gasteiger partial charge in [0, 0.05) is 24.3 Å². The first kappa shape index (κ1) is 22.6. The molecule has 0 radical (unpaired) electrons. The molecular weight excluding hydrogens is 450 g/mol.